The molecule has 29 heavy (non-hydrogen) atoms. The van der Waals surface area contributed by atoms with Gasteiger partial charge in [0.15, 0.2) is 11.5 Å². The van der Waals surface area contributed by atoms with E-state index in [0.29, 0.717) is 5.56 Å². The summed E-state index contributed by atoms with van der Waals surface area (Å²) < 4.78 is 5.74. The monoisotopic (exact) mass is 412 g/mol. The van der Waals surface area contributed by atoms with Crippen LogP contribution in [0, 0.1) is 0 Å². The van der Waals surface area contributed by atoms with Gasteiger partial charge < -0.3 is 14.8 Å². The lowest BCUT2D eigenvalue weighted by Gasteiger charge is -2.06. The van der Waals surface area contributed by atoms with E-state index in [9.17, 15) is 9.90 Å². The highest BCUT2D eigenvalue weighted by atomic mass is 32.2. The molecule has 0 aliphatic heterocycles. The first kappa shape index (κ1) is 21.4. The van der Waals surface area contributed by atoms with Crippen molar-refractivity contribution in [2.45, 2.75) is 43.4 Å². The highest BCUT2D eigenvalue weighted by molar-refractivity contribution is 7.99. The van der Waals surface area contributed by atoms with Crippen molar-refractivity contribution < 1.29 is 14.3 Å². The number of para-hydroxylation sites is 2. The molecule has 0 atom stereocenters. The smallest absolute Gasteiger partial charge is 0.336 e. The zero-order chi connectivity index (χ0) is 20.3. The van der Waals surface area contributed by atoms with Gasteiger partial charge in [0, 0.05) is 11.3 Å². The molecule has 2 N–H and O–H groups in total. The fourth-order valence-corrected chi connectivity index (χ4v) is 4.21. The van der Waals surface area contributed by atoms with Gasteiger partial charge in [-0.3, -0.25) is 0 Å². The van der Waals surface area contributed by atoms with Crippen LogP contribution in [0.3, 0.4) is 0 Å². The molecular weight excluding hydrogens is 384 g/mol. The minimum Gasteiger partial charge on any atom is -0.478 e. The number of aromatic nitrogens is 1. The van der Waals surface area contributed by atoms with E-state index in [1.54, 1.807) is 23.9 Å². The first-order valence-electron chi connectivity index (χ1n) is 10.2. The third kappa shape index (κ3) is 6.91. The Balaban J connectivity index is 1.18. The number of thioether (sulfide) groups is 1. The fourth-order valence-electron chi connectivity index (χ4n) is 3.16. The highest BCUT2D eigenvalue weighted by Gasteiger charge is 2.08. The van der Waals surface area contributed by atoms with Crippen LogP contribution in [0.5, 0.6) is 0 Å². The number of rotatable bonds is 13. The van der Waals surface area contributed by atoms with Crippen molar-refractivity contribution in [2.75, 3.05) is 18.8 Å². The SMILES string of the molecule is O=C(O)c1ccccc1SCCCCNCCCCCc1nc2ccccc2o1. The van der Waals surface area contributed by atoms with Gasteiger partial charge in [-0.25, -0.2) is 9.78 Å². The number of hydrogen-bond acceptors (Lipinski definition) is 5. The van der Waals surface area contributed by atoms with Crippen molar-refractivity contribution in [3.8, 4) is 0 Å². The minimum atomic E-state index is -0.856. The van der Waals surface area contributed by atoms with Gasteiger partial charge in [-0.15, -0.1) is 11.8 Å². The largest absolute Gasteiger partial charge is 0.478 e. The van der Waals surface area contributed by atoms with Gasteiger partial charge in [-0.1, -0.05) is 30.7 Å². The maximum absolute atomic E-state index is 11.2. The fraction of sp³-hybridized carbons (Fsp3) is 0.391. The summed E-state index contributed by atoms with van der Waals surface area (Å²) in [6.45, 7) is 2.04. The van der Waals surface area contributed by atoms with E-state index in [0.717, 1.165) is 79.3 Å². The van der Waals surface area contributed by atoms with Gasteiger partial charge >= 0.3 is 5.97 Å². The van der Waals surface area contributed by atoms with Gasteiger partial charge in [0.2, 0.25) is 0 Å². The number of nitrogens with one attached hydrogen (secondary N) is 1. The van der Waals surface area contributed by atoms with Crippen LogP contribution in [-0.2, 0) is 6.42 Å². The zero-order valence-corrected chi connectivity index (χ0v) is 17.4. The average molecular weight is 413 g/mol. The van der Waals surface area contributed by atoms with E-state index in [1.807, 2.05) is 36.4 Å². The first-order valence-corrected chi connectivity index (χ1v) is 11.2. The molecule has 2 aromatic carbocycles. The van der Waals surface area contributed by atoms with Crippen molar-refractivity contribution in [3.05, 3.63) is 60.0 Å². The number of oxazole rings is 1. The van der Waals surface area contributed by atoms with Gasteiger partial charge in [0.05, 0.1) is 5.56 Å². The number of carboxylic acid groups (broad SMARTS) is 1. The molecule has 6 heteroatoms. The molecule has 0 unspecified atom stereocenters. The number of fused-ring (bicyclic) bond motifs is 1. The molecule has 0 aliphatic rings. The number of aryl methyl sites for hydroxylation is 1. The van der Waals surface area contributed by atoms with E-state index >= 15 is 0 Å². The van der Waals surface area contributed by atoms with Crippen LogP contribution >= 0.6 is 11.8 Å². The Morgan fingerprint density at radius 2 is 1.72 bits per heavy atom. The second-order valence-corrected chi connectivity index (χ2v) is 8.13. The molecule has 154 valence electrons. The summed E-state index contributed by atoms with van der Waals surface area (Å²) in [4.78, 5) is 16.6. The van der Waals surface area contributed by atoms with Crippen molar-refractivity contribution in [1.82, 2.24) is 10.3 Å². The molecule has 5 nitrogen and oxygen atoms in total. The third-order valence-corrected chi connectivity index (χ3v) is 5.87. The summed E-state index contributed by atoms with van der Waals surface area (Å²) in [5.41, 5.74) is 2.20. The molecule has 3 aromatic rings. The van der Waals surface area contributed by atoms with Gasteiger partial charge in [-0.05, 0) is 68.8 Å². The molecule has 0 amide bonds. The molecule has 0 spiro atoms. The van der Waals surface area contributed by atoms with Gasteiger partial charge in [0.1, 0.15) is 5.52 Å². The van der Waals surface area contributed by atoms with E-state index in [-0.39, 0.29) is 0 Å². The van der Waals surface area contributed by atoms with Crippen LogP contribution in [0.4, 0.5) is 0 Å². The molecule has 0 saturated carbocycles. The minimum absolute atomic E-state index is 0.397. The summed E-state index contributed by atoms with van der Waals surface area (Å²) in [7, 11) is 0. The van der Waals surface area contributed by atoms with E-state index in [4.69, 9.17) is 4.42 Å². The molecule has 0 aliphatic carbocycles. The Labute approximate surface area is 175 Å². The second kappa shape index (κ2) is 11.6. The lowest BCUT2D eigenvalue weighted by atomic mass is 10.2. The standard InChI is InChI=1S/C23H28N2O3S/c26-23(27)18-10-3-6-13-21(18)29-17-9-8-16-24-15-7-1-2-14-22-25-19-11-4-5-12-20(19)28-22/h3-6,10-13,24H,1-2,7-9,14-17H2,(H,26,27). The summed E-state index contributed by atoms with van der Waals surface area (Å²) in [5, 5.41) is 12.7. The summed E-state index contributed by atoms with van der Waals surface area (Å²) in [5.74, 6) is 0.920. The number of benzene rings is 2. The Morgan fingerprint density at radius 1 is 0.966 bits per heavy atom. The maximum Gasteiger partial charge on any atom is 0.336 e. The van der Waals surface area contributed by atoms with E-state index in [2.05, 4.69) is 10.3 Å². The molecular formula is C23H28N2O3S. The summed E-state index contributed by atoms with van der Waals surface area (Å²) >= 11 is 1.63. The normalized spacial score (nSPS) is 11.2. The number of carbonyl (C=O) groups is 1. The third-order valence-electron chi connectivity index (χ3n) is 4.71. The molecule has 0 radical (unpaired) electrons. The average Bonchev–Trinajstić information content (AvgIpc) is 3.15. The van der Waals surface area contributed by atoms with Crippen molar-refractivity contribution in [2.24, 2.45) is 0 Å². The van der Waals surface area contributed by atoms with Crippen molar-refractivity contribution in [1.29, 1.82) is 0 Å². The Hall–Kier alpha value is -2.31. The molecule has 0 saturated heterocycles. The lowest BCUT2D eigenvalue weighted by Crippen LogP contribution is -2.16. The lowest BCUT2D eigenvalue weighted by molar-refractivity contribution is 0.0693. The number of aromatic carboxylic acids is 1. The predicted octanol–water partition coefficient (Wildman–Crippen LogP) is 5.40. The van der Waals surface area contributed by atoms with Crippen LogP contribution in [0.15, 0.2) is 57.8 Å². The second-order valence-electron chi connectivity index (χ2n) is 6.99. The molecule has 0 fully saturated rings. The maximum atomic E-state index is 11.2. The number of nitrogens with zero attached hydrogens (tertiary/aromatic N) is 1. The molecule has 1 heterocycles. The predicted molar refractivity (Wildman–Crippen MR) is 118 cm³/mol. The molecule has 0 bridgehead atoms. The van der Waals surface area contributed by atoms with Crippen LogP contribution in [0.25, 0.3) is 11.1 Å². The summed E-state index contributed by atoms with van der Waals surface area (Å²) in [6.07, 6.45) is 6.47. The topological polar surface area (TPSA) is 75.4 Å². The van der Waals surface area contributed by atoms with E-state index < -0.39 is 5.97 Å². The van der Waals surface area contributed by atoms with Gasteiger partial charge in [0.25, 0.3) is 0 Å². The Morgan fingerprint density at radius 3 is 2.55 bits per heavy atom. The van der Waals surface area contributed by atoms with Crippen LogP contribution < -0.4 is 5.32 Å². The molecule has 1 aromatic heterocycles. The van der Waals surface area contributed by atoms with Crippen molar-refractivity contribution >= 4 is 28.8 Å². The molecule has 3 rings (SSSR count). The van der Waals surface area contributed by atoms with Crippen LogP contribution in [0.1, 0.15) is 48.4 Å². The number of unbranched alkanes of at least 4 members (excludes halogenated alkanes) is 3. The first-order chi connectivity index (χ1) is 14.2. The van der Waals surface area contributed by atoms with Gasteiger partial charge in [-0.2, -0.15) is 0 Å². The van der Waals surface area contributed by atoms with Crippen LogP contribution in [-0.4, -0.2) is 34.9 Å². The van der Waals surface area contributed by atoms with E-state index in [1.165, 1.54) is 0 Å². The highest BCUT2D eigenvalue weighted by Crippen LogP contribution is 2.23. The van der Waals surface area contributed by atoms with Crippen LogP contribution in [0.2, 0.25) is 0 Å². The van der Waals surface area contributed by atoms with Crippen molar-refractivity contribution in [3.63, 3.8) is 0 Å². The number of carboxylic acids is 1. The Bertz CT molecular complexity index is 877. The number of hydrogen-bond donors (Lipinski definition) is 2. The quantitative estimate of drug-likeness (QED) is 0.289. The zero-order valence-electron chi connectivity index (χ0n) is 16.6. The summed E-state index contributed by atoms with van der Waals surface area (Å²) in [6, 6.07) is 15.1. The Kier molecular flexibility index (Phi) is 8.58.